The summed E-state index contributed by atoms with van der Waals surface area (Å²) in [7, 11) is -0.733. The van der Waals surface area contributed by atoms with Crippen LogP contribution in [0.3, 0.4) is 0 Å². The second kappa shape index (κ2) is 9.29. The summed E-state index contributed by atoms with van der Waals surface area (Å²) in [6, 6.07) is 8.91. The molecule has 1 aromatic carbocycles. The number of nitrogens with one attached hydrogen (secondary N) is 3. The number of nitrogens with zero attached hydrogens (tertiary/aromatic N) is 2. The molecule has 0 radical (unpaired) electrons. The third-order valence-electron chi connectivity index (χ3n) is 3.69. The van der Waals surface area contributed by atoms with E-state index in [1.54, 1.807) is 18.3 Å². The Labute approximate surface area is 164 Å². The average Bonchev–Trinajstić information content (AvgIpc) is 2.63. The predicted molar refractivity (Wildman–Crippen MR) is 107 cm³/mol. The molecule has 0 spiro atoms. The molecule has 28 heavy (non-hydrogen) atoms. The number of carbonyl (C=O) groups excluding carboxylic acids is 2. The minimum absolute atomic E-state index is 0.0675. The largest absolute Gasteiger partial charge is 0.337 e. The van der Waals surface area contributed by atoms with Crippen LogP contribution in [0.5, 0.6) is 0 Å². The van der Waals surface area contributed by atoms with E-state index in [1.807, 2.05) is 13.0 Å². The highest BCUT2D eigenvalue weighted by Crippen LogP contribution is 2.17. The van der Waals surface area contributed by atoms with Crippen LogP contribution in [0.4, 0.5) is 16.3 Å². The lowest BCUT2D eigenvalue weighted by molar-refractivity contribution is -0.116. The van der Waals surface area contributed by atoms with E-state index in [0.29, 0.717) is 11.5 Å². The highest BCUT2D eigenvalue weighted by atomic mass is 32.2. The van der Waals surface area contributed by atoms with Gasteiger partial charge in [0.15, 0.2) is 0 Å². The quantitative estimate of drug-likeness (QED) is 0.649. The zero-order chi connectivity index (χ0) is 20.7. The Balaban J connectivity index is 1.83. The number of hydrogen-bond donors (Lipinski definition) is 3. The molecule has 3 N–H and O–H groups in total. The topological polar surface area (TPSA) is 120 Å². The van der Waals surface area contributed by atoms with Gasteiger partial charge in [-0.25, -0.2) is 22.5 Å². The number of pyridine rings is 1. The standard InChI is InChI=1S/C18H23N5O4S/c1-13-7-8-16(20-12-13)22-17(24)9-10-19-18(25)21-14-5-4-6-15(11-14)28(26,27)23(2)3/h4-8,11-12H,9-10H2,1-3H3,(H2,19,21,25)(H,20,22,24). The first kappa shape index (κ1) is 21.3. The lowest BCUT2D eigenvalue weighted by atomic mass is 10.3. The minimum atomic E-state index is -3.59. The van der Waals surface area contributed by atoms with Gasteiger partial charge in [0, 0.05) is 38.9 Å². The fourth-order valence-corrected chi connectivity index (χ4v) is 3.11. The normalized spacial score (nSPS) is 11.1. The number of anilines is 2. The van der Waals surface area contributed by atoms with E-state index in [1.165, 1.54) is 32.3 Å². The molecule has 2 rings (SSSR count). The first-order valence-electron chi connectivity index (χ1n) is 8.48. The van der Waals surface area contributed by atoms with Crippen LogP contribution >= 0.6 is 0 Å². The van der Waals surface area contributed by atoms with Crippen molar-refractivity contribution < 1.29 is 18.0 Å². The molecule has 0 aliphatic rings. The Morgan fingerprint density at radius 3 is 2.50 bits per heavy atom. The van der Waals surface area contributed by atoms with Gasteiger partial charge in [-0.2, -0.15) is 0 Å². The SMILES string of the molecule is Cc1ccc(NC(=O)CCNC(=O)Nc2cccc(S(=O)(=O)N(C)C)c2)nc1. The second-order valence-electron chi connectivity index (χ2n) is 6.22. The molecule has 3 amide bonds. The van der Waals surface area contributed by atoms with Gasteiger partial charge in [0.2, 0.25) is 15.9 Å². The fourth-order valence-electron chi connectivity index (χ4n) is 2.16. The van der Waals surface area contributed by atoms with E-state index < -0.39 is 16.1 Å². The Bertz CT molecular complexity index is 943. The number of carbonyl (C=O) groups is 2. The average molecular weight is 405 g/mol. The molecule has 0 bridgehead atoms. The first-order valence-corrected chi connectivity index (χ1v) is 9.92. The molecular weight excluding hydrogens is 382 g/mol. The van der Waals surface area contributed by atoms with Crippen LogP contribution in [-0.2, 0) is 14.8 Å². The van der Waals surface area contributed by atoms with Crippen LogP contribution in [0.25, 0.3) is 0 Å². The lowest BCUT2D eigenvalue weighted by Crippen LogP contribution is -2.31. The van der Waals surface area contributed by atoms with E-state index in [4.69, 9.17) is 0 Å². The van der Waals surface area contributed by atoms with Crippen molar-refractivity contribution >= 4 is 33.5 Å². The van der Waals surface area contributed by atoms with E-state index in [2.05, 4.69) is 20.9 Å². The fraction of sp³-hybridized carbons (Fsp3) is 0.278. The van der Waals surface area contributed by atoms with Gasteiger partial charge in [-0.1, -0.05) is 12.1 Å². The van der Waals surface area contributed by atoms with Gasteiger partial charge < -0.3 is 16.0 Å². The number of urea groups is 1. The van der Waals surface area contributed by atoms with Crippen molar-refractivity contribution in [3.63, 3.8) is 0 Å². The van der Waals surface area contributed by atoms with Gasteiger partial charge in [0.25, 0.3) is 0 Å². The van der Waals surface area contributed by atoms with Gasteiger partial charge in [-0.15, -0.1) is 0 Å². The summed E-state index contributed by atoms with van der Waals surface area (Å²) < 4.78 is 25.4. The lowest BCUT2D eigenvalue weighted by Gasteiger charge is -2.13. The zero-order valence-corrected chi connectivity index (χ0v) is 16.7. The van der Waals surface area contributed by atoms with Crippen molar-refractivity contribution in [1.29, 1.82) is 0 Å². The number of rotatable bonds is 7. The Hall–Kier alpha value is -2.98. The second-order valence-corrected chi connectivity index (χ2v) is 8.37. The van der Waals surface area contributed by atoms with Gasteiger partial charge in [-0.3, -0.25) is 4.79 Å². The molecule has 150 valence electrons. The number of sulfonamides is 1. The van der Waals surface area contributed by atoms with Crippen molar-refractivity contribution in [2.75, 3.05) is 31.3 Å². The van der Waals surface area contributed by atoms with Crippen LogP contribution in [0.2, 0.25) is 0 Å². The number of aryl methyl sites for hydroxylation is 1. The third kappa shape index (κ3) is 6.03. The molecule has 0 saturated heterocycles. The number of hydrogen-bond acceptors (Lipinski definition) is 5. The van der Waals surface area contributed by atoms with E-state index in [9.17, 15) is 18.0 Å². The maximum absolute atomic E-state index is 12.1. The molecule has 1 aromatic heterocycles. The summed E-state index contributed by atoms with van der Waals surface area (Å²) in [6.45, 7) is 2.01. The van der Waals surface area contributed by atoms with Crippen molar-refractivity contribution in [2.24, 2.45) is 0 Å². The summed E-state index contributed by atoms with van der Waals surface area (Å²) in [6.07, 6.45) is 1.71. The third-order valence-corrected chi connectivity index (χ3v) is 5.50. The summed E-state index contributed by atoms with van der Waals surface area (Å²) in [5.41, 5.74) is 1.31. The zero-order valence-electron chi connectivity index (χ0n) is 15.9. The van der Waals surface area contributed by atoms with Crippen LogP contribution in [0.15, 0.2) is 47.5 Å². The molecule has 9 nitrogen and oxygen atoms in total. The maximum Gasteiger partial charge on any atom is 0.319 e. The van der Waals surface area contributed by atoms with E-state index in [0.717, 1.165) is 9.87 Å². The van der Waals surface area contributed by atoms with Gasteiger partial charge in [0.1, 0.15) is 5.82 Å². The van der Waals surface area contributed by atoms with E-state index >= 15 is 0 Å². The van der Waals surface area contributed by atoms with Crippen molar-refractivity contribution in [2.45, 2.75) is 18.2 Å². The Kier molecular flexibility index (Phi) is 7.07. The predicted octanol–water partition coefficient (Wildman–Crippen LogP) is 1.79. The Morgan fingerprint density at radius 2 is 1.86 bits per heavy atom. The molecule has 2 aromatic rings. The molecule has 0 aliphatic carbocycles. The summed E-state index contributed by atoms with van der Waals surface area (Å²) in [4.78, 5) is 28.0. The van der Waals surface area contributed by atoms with Crippen LogP contribution in [0, 0.1) is 6.92 Å². The van der Waals surface area contributed by atoms with Crippen LogP contribution < -0.4 is 16.0 Å². The molecule has 0 fully saturated rings. The molecule has 10 heteroatoms. The smallest absolute Gasteiger partial charge is 0.319 e. The first-order chi connectivity index (χ1) is 13.2. The molecule has 0 unspecified atom stereocenters. The molecule has 1 heterocycles. The van der Waals surface area contributed by atoms with Gasteiger partial charge >= 0.3 is 6.03 Å². The number of aromatic nitrogens is 1. The molecule has 0 aliphatic heterocycles. The highest BCUT2D eigenvalue weighted by molar-refractivity contribution is 7.89. The summed E-state index contributed by atoms with van der Waals surface area (Å²) in [5, 5.41) is 7.73. The molecular formula is C18H23N5O4S. The van der Waals surface area contributed by atoms with Crippen molar-refractivity contribution in [3.8, 4) is 0 Å². The summed E-state index contributed by atoms with van der Waals surface area (Å²) in [5.74, 6) is 0.162. The minimum Gasteiger partial charge on any atom is -0.337 e. The Morgan fingerprint density at radius 1 is 1.11 bits per heavy atom. The van der Waals surface area contributed by atoms with Gasteiger partial charge in [-0.05, 0) is 36.8 Å². The van der Waals surface area contributed by atoms with Crippen molar-refractivity contribution in [1.82, 2.24) is 14.6 Å². The maximum atomic E-state index is 12.1. The highest BCUT2D eigenvalue weighted by Gasteiger charge is 2.17. The van der Waals surface area contributed by atoms with E-state index in [-0.39, 0.29) is 23.8 Å². The van der Waals surface area contributed by atoms with Crippen LogP contribution in [-0.4, -0.2) is 50.3 Å². The van der Waals surface area contributed by atoms with Gasteiger partial charge in [0.05, 0.1) is 4.90 Å². The monoisotopic (exact) mass is 405 g/mol. The summed E-state index contributed by atoms with van der Waals surface area (Å²) >= 11 is 0. The number of amides is 3. The molecule has 0 atom stereocenters. The van der Waals surface area contributed by atoms with Crippen LogP contribution in [0.1, 0.15) is 12.0 Å². The number of benzene rings is 1. The van der Waals surface area contributed by atoms with Crippen molar-refractivity contribution in [3.05, 3.63) is 48.2 Å². The molecule has 0 saturated carbocycles.